The molecular weight excluding hydrogens is 318 g/mol. The number of aromatic nitrogens is 1. The van der Waals surface area contributed by atoms with Crippen LogP contribution in [0.1, 0.15) is 17.0 Å². The molecule has 0 aliphatic carbocycles. The molecule has 1 atom stereocenters. The number of rotatable bonds is 5. The molecule has 0 N–H and O–H groups in total. The Bertz CT molecular complexity index is 541. The van der Waals surface area contributed by atoms with Crippen LogP contribution in [0.3, 0.4) is 0 Å². The summed E-state index contributed by atoms with van der Waals surface area (Å²) in [6, 6.07) is 0. The summed E-state index contributed by atoms with van der Waals surface area (Å²) in [7, 11) is 3.53. The van der Waals surface area contributed by atoms with E-state index in [0.29, 0.717) is 4.75 Å². The van der Waals surface area contributed by atoms with Crippen LogP contribution >= 0.6 is 23.1 Å². The lowest BCUT2D eigenvalue weighted by atomic mass is 9.93. The monoisotopic (exact) mass is 341 g/mol. The first kappa shape index (κ1) is 16.2. The molecule has 0 unspecified atom stereocenters. The number of likely N-dealkylation sites (tertiary alicyclic amines) is 1. The molecule has 1 aromatic rings. The van der Waals surface area contributed by atoms with Crippen LogP contribution in [0, 0.1) is 6.92 Å². The fourth-order valence-corrected chi connectivity index (χ4v) is 5.43. The second kappa shape index (κ2) is 6.47. The Hall–Kier alpha value is -0.630. The fraction of sp³-hybridized carbons (Fsp3) is 0.733. The average molecular weight is 342 g/mol. The van der Waals surface area contributed by atoms with Crippen molar-refractivity contribution in [3.8, 4) is 0 Å². The van der Waals surface area contributed by atoms with Crippen LogP contribution in [0.5, 0.6) is 0 Å². The number of ether oxygens (including phenoxy) is 1. The normalized spacial score (nSPS) is 23.7. The summed E-state index contributed by atoms with van der Waals surface area (Å²) in [5, 5.41) is 0. The van der Waals surface area contributed by atoms with E-state index in [1.165, 1.54) is 4.88 Å². The molecule has 0 radical (unpaired) electrons. The summed E-state index contributed by atoms with van der Waals surface area (Å²) in [6.07, 6.45) is 1.29. The molecule has 7 heteroatoms. The molecule has 5 nitrogen and oxygen atoms in total. The van der Waals surface area contributed by atoms with Gasteiger partial charge in [-0.25, -0.2) is 4.98 Å². The molecule has 0 bridgehead atoms. The minimum Gasteiger partial charge on any atom is -0.367 e. The molecule has 1 aromatic heterocycles. The van der Waals surface area contributed by atoms with Gasteiger partial charge in [0.1, 0.15) is 6.61 Å². The van der Waals surface area contributed by atoms with E-state index in [2.05, 4.69) is 16.8 Å². The van der Waals surface area contributed by atoms with Crippen molar-refractivity contribution in [2.75, 3.05) is 39.5 Å². The van der Waals surface area contributed by atoms with Gasteiger partial charge >= 0.3 is 0 Å². The second-order valence-corrected chi connectivity index (χ2v) is 8.85. The summed E-state index contributed by atoms with van der Waals surface area (Å²) in [5.74, 6) is 1.05. The third kappa shape index (κ3) is 3.48. The Kier molecular flexibility index (Phi) is 4.77. The van der Waals surface area contributed by atoms with Crippen molar-refractivity contribution >= 4 is 29.0 Å². The Morgan fingerprint density at radius 3 is 2.95 bits per heavy atom. The smallest absolute Gasteiger partial charge is 0.248 e. The lowest BCUT2D eigenvalue weighted by molar-refractivity contribution is -0.135. The van der Waals surface area contributed by atoms with E-state index in [9.17, 15) is 4.79 Å². The highest BCUT2D eigenvalue weighted by molar-refractivity contribution is 8.01. The number of amides is 1. The number of thiazole rings is 1. The topological polar surface area (TPSA) is 45.7 Å². The van der Waals surface area contributed by atoms with Gasteiger partial charge in [-0.3, -0.25) is 9.69 Å². The molecule has 0 aromatic carbocycles. The molecule has 1 amide bonds. The summed E-state index contributed by atoms with van der Waals surface area (Å²) >= 11 is 3.76. The molecule has 0 saturated carbocycles. The summed E-state index contributed by atoms with van der Waals surface area (Å²) < 4.78 is 6.13. The van der Waals surface area contributed by atoms with E-state index >= 15 is 0 Å². The zero-order chi connectivity index (χ0) is 15.7. The van der Waals surface area contributed by atoms with Gasteiger partial charge in [0.05, 0.1) is 17.3 Å². The third-order valence-corrected chi connectivity index (χ3v) is 6.85. The van der Waals surface area contributed by atoms with E-state index in [4.69, 9.17) is 4.74 Å². The van der Waals surface area contributed by atoms with Crippen LogP contribution in [-0.2, 0) is 16.1 Å². The van der Waals surface area contributed by atoms with Crippen molar-refractivity contribution in [2.45, 2.75) is 30.7 Å². The number of hydrogen-bond acceptors (Lipinski definition) is 6. The zero-order valence-corrected chi connectivity index (χ0v) is 15.0. The van der Waals surface area contributed by atoms with E-state index in [0.717, 1.165) is 37.5 Å². The summed E-state index contributed by atoms with van der Waals surface area (Å²) in [5.41, 5.74) is 3.09. The van der Waals surface area contributed by atoms with E-state index in [1.807, 2.05) is 17.3 Å². The molecule has 1 spiro atoms. The summed E-state index contributed by atoms with van der Waals surface area (Å²) in [6.45, 7) is 5.55. The average Bonchev–Trinajstić information content (AvgIpc) is 3.03. The standard InChI is InChI=1S/C15H23N3O2S2/c1-11-13(21-10-16-11)5-18-8-15(9-18)4-12(7-22-15)20-6-14(19)17(2)3/h10,12H,4-9H2,1-3H3/t12-/m1/s1. The number of likely N-dealkylation sites (N-methyl/N-ethyl adjacent to an activating group) is 1. The third-order valence-electron chi connectivity index (χ3n) is 4.35. The molecular formula is C15H23N3O2S2. The highest BCUT2D eigenvalue weighted by Crippen LogP contribution is 2.46. The van der Waals surface area contributed by atoms with E-state index in [-0.39, 0.29) is 18.6 Å². The fourth-order valence-electron chi connectivity index (χ4n) is 3.01. The number of hydrogen-bond donors (Lipinski definition) is 0. The Morgan fingerprint density at radius 2 is 2.32 bits per heavy atom. The largest absolute Gasteiger partial charge is 0.367 e. The molecule has 3 heterocycles. The van der Waals surface area contributed by atoms with Crippen LogP contribution < -0.4 is 0 Å². The quantitative estimate of drug-likeness (QED) is 0.814. The highest BCUT2D eigenvalue weighted by atomic mass is 32.2. The van der Waals surface area contributed by atoms with Gasteiger partial charge in [-0.1, -0.05) is 0 Å². The summed E-state index contributed by atoms with van der Waals surface area (Å²) in [4.78, 5) is 21.3. The molecule has 2 aliphatic rings. The van der Waals surface area contributed by atoms with Crippen molar-refractivity contribution in [2.24, 2.45) is 0 Å². The number of aryl methyl sites for hydroxylation is 1. The number of carbonyl (C=O) groups excluding carboxylic acids is 1. The Morgan fingerprint density at radius 1 is 1.55 bits per heavy atom. The molecule has 2 fully saturated rings. The van der Waals surface area contributed by atoms with Crippen LogP contribution in [0.25, 0.3) is 0 Å². The van der Waals surface area contributed by atoms with Crippen LogP contribution in [0.2, 0.25) is 0 Å². The zero-order valence-electron chi connectivity index (χ0n) is 13.4. The first-order valence-corrected chi connectivity index (χ1v) is 9.41. The van der Waals surface area contributed by atoms with Crippen molar-refractivity contribution in [3.05, 3.63) is 16.1 Å². The van der Waals surface area contributed by atoms with Crippen molar-refractivity contribution < 1.29 is 9.53 Å². The minimum atomic E-state index is 0.0434. The molecule has 3 rings (SSSR count). The number of nitrogens with zero attached hydrogens (tertiary/aromatic N) is 3. The predicted molar refractivity (Wildman–Crippen MR) is 90.4 cm³/mol. The number of carbonyl (C=O) groups is 1. The van der Waals surface area contributed by atoms with Gasteiger partial charge in [0, 0.05) is 49.1 Å². The van der Waals surface area contributed by atoms with Crippen molar-refractivity contribution in [1.29, 1.82) is 0 Å². The number of thioether (sulfide) groups is 1. The highest BCUT2D eigenvalue weighted by Gasteiger charge is 2.49. The van der Waals surface area contributed by atoms with Crippen LogP contribution in [0.4, 0.5) is 0 Å². The van der Waals surface area contributed by atoms with Gasteiger partial charge in [-0.15, -0.1) is 23.1 Å². The first-order chi connectivity index (χ1) is 10.5. The second-order valence-electron chi connectivity index (χ2n) is 6.43. The maximum Gasteiger partial charge on any atom is 0.248 e. The lowest BCUT2D eigenvalue weighted by Gasteiger charge is -2.47. The Balaban J connectivity index is 1.42. The van der Waals surface area contributed by atoms with Crippen molar-refractivity contribution in [1.82, 2.24) is 14.8 Å². The molecule has 2 aliphatic heterocycles. The van der Waals surface area contributed by atoms with Gasteiger partial charge in [0.15, 0.2) is 0 Å². The van der Waals surface area contributed by atoms with Gasteiger partial charge in [-0.05, 0) is 13.3 Å². The maximum absolute atomic E-state index is 11.6. The van der Waals surface area contributed by atoms with Crippen molar-refractivity contribution in [3.63, 3.8) is 0 Å². The minimum absolute atomic E-state index is 0.0434. The van der Waals surface area contributed by atoms with Crippen LogP contribution in [0.15, 0.2) is 5.51 Å². The van der Waals surface area contributed by atoms with Gasteiger partial charge in [-0.2, -0.15) is 0 Å². The SMILES string of the molecule is Cc1ncsc1CN1CC2(C[C@@H](OCC(=O)N(C)C)CS2)C1. The first-order valence-electron chi connectivity index (χ1n) is 7.54. The lowest BCUT2D eigenvalue weighted by Crippen LogP contribution is -2.58. The van der Waals surface area contributed by atoms with E-state index in [1.54, 1.807) is 30.3 Å². The molecule has 22 heavy (non-hydrogen) atoms. The predicted octanol–water partition coefficient (Wildman–Crippen LogP) is 1.62. The maximum atomic E-state index is 11.6. The van der Waals surface area contributed by atoms with Crippen LogP contribution in [-0.4, -0.2) is 71.1 Å². The van der Waals surface area contributed by atoms with E-state index < -0.39 is 0 Å². The van der Waals surface area contributed by atoms with Gasteiger partial charge in [0.2, 0.25) is 5.91 Å². The van der Waals surface area contributed by atoms with Gasteiger partial charge in [0.25, 0.3) is 0 Å². The molecule has 2 saturated heterocycles. The van der Waals surface area contributed by atoms with Gasteiger partial charge < -0.3 is 9.64 Å². The molecule has 122 valence electrons. The Labute approximate surface area is 140 Å².